The number of piperidine rings is 1. The maximum atomic E-state index is 11.7. The Morgan fingerprint density at radius 3 is 2.29 bits per heavy atom. The second-order valence-electron chi connectivity index (χ2n) is 6.31. The minimum Gasteiger partial charge on any atom is -0.383 e. The first-order chi connectivity index (χ1) is 10.2. The van der Waals surface area contributed by atoms with E-state index in [1.807, 2.05) is 11.8 Å². The molecule has 0 radical (unpaired) electrons. The summed E-state index contributed by atoms with van der Waals surface area (Å²) in [5, 5.41) is 0. The highest BCUT2D eigenvalue weighted by Crippen LogP contribution is 2.19. The maximum absolute atomic E-state index is 11.7. The van der Waals surface area contributed by atoms with Crippen molar-refractivity contribution in [3.05, 3.63) is 0 Å². The summed E-state index contributed by atoms with van der Waals surface area (Å²) in [6.07, 6.45) is 3.25. The first kappa shape index (κ1) is 16.7. The van der Waals surface area contributed by atoms with Crippen molar-refractivity contribution in [3.63, 3.8) is 0 Å². The number of hydrogen-bond acceptors (Lipinski definition) is 4. The molecule has 0 aromatic heterocycles. The molecule has 5 heteroatoms. The van der Waals surface area contributed by atoms with Crippen molar-refractivity contribution in [2.45, 2.75) is 26.2 Å². The lowest BCUT2D eigenvalue weighted by Crippen LogP contribution is -2.50. The molecule has 0 spiro atoms. The Kier molecular flexibility index (Phi) is 6.93. The Labute approximate surface area is 129 Å². The summed E-state index contributed by atoms with van der Waals surface area (Å²) in [5.41, 5.74) is 0. The summed E-state index contributed by atoms with van der Waals surface area (Å²) in [6, 6.07) is 0. The molecule has 2 rings (SSSR count). The summed E-state index contributed by atoms with van der Waals surface area (Å²) >= 11 is 0. The summed E-state index contributed by atoms with van der Waals surface area (Å²) in [7, 11) is 1.77. The van der Waals surface area contributed by atoms with E-state index in [9.17, 15) is 4.79 Å². The van der Waals surface area contributed by atoms with Gasteiger partial charge >= 0.3 is 0 Å². The largest absolute Gasteiger partial charge is 0.383 e. The number of amides is 1. The van der Waals surface area contributed by atoms with E-state index in [2.05, 4.69) is 9.80 Å². The third kappa shape index (κ3) is 5.24. The highest BCUT2D eigenvalue weighted by molar-refractivity contribution is 5.75. The summed E-state index contributed by atoms with van der Waals surface area (Å²) in [5.74, 6) is 1.14. The monoisotopic (exact) mass is 297 g/mol. The van der Waals surface area contributed by atoms with Gasteiger partial charge in [0.25, 0.3) is 0 Å². The van der Waals surface area contributed by atoms with Crippen LogP contribution in [0.25, 0.3) is 0 Å². The van der Waals surface area contributed by atoms with Crippen LogP contribution in [-0.2, 0) is 9.53 Å². The number of methoxy groups -OCH3 is 1. The van der Waals surface area contributed by atoms with Crippen LogP contribution in [0.1, 0.15) is 26.2 Å². The quantitative estimate of drug-likeness (QED) is 0.730. The van der Waals surface area contributed by atoms with Crippen LogP contribution in [0.4, 0.5) is 0 Å². The van der Waals surface area contributed by atoms with Crippen molar-refractivity contribution in [1.29, 1.82) is 0 Å². The summed E-state index contributed by atoms with van der Waals surface area (Å²) in [6.45, 7) is 11.4. The van der Waals surface area contributed by atoms with Crippen molar-refractivity contribution >= 4 is 5.91 Å². The molecule has 21 heavy (non-hydrogen) atoms. The zero-order valence-corrected chi connectivity index (χ0v) is 13.7. The average Bonchev–Trinajstić information content (AvgIpc) is 2.54. The Balaban J connectivity index is 1.62. The lowest BCUT2D eigenvalue weighted by atomic mass is 9.96. The van der Waals surface area contributed by atoms with Crippen LogP contribution in [0.5, 0.6) is 0 Å². The van der Waals surface area contributed by atoms with E-state index in [1.54, 1.807) is 7.11 Å². The summed E-state index contributed by atoms with van der Waals surface area (Å²) < 4.78 is 5.15. The molecular weight excluding hydrogens is 266 g/mol. The smallest absolute Gasteiger partial charge is 0.222 e. The number of rotatable bonds is 6. The number of hydrogen-bond donors (Lipinski definition) is 0. The average molecular weight is 297 g/mol. The fourth-order valence-corrected chi connectivity index (χ4v) is 3.38. The molecule has 2 aliphatic heterocycles. The maximum Gasteiger partial charge on any atom is 0.222 e. The van der Waals surface area contributed by atoms with Crippen LogP contribution in [0.3, 0.4) is 0 Å². The second kappa shape index (κ2) is 8.71. The number of likely N-dealkylation sites (tertiary alicyclic amines) is 1. The SMILES string of the molecule is CCC(=O)N1CCN(CC2CCN(CCOC)CC2)CC1. The number of carbonyl (C=O) groups excluding carboxylic acids is 1. The molecule has 122 valence electrons. The van der Waals surface area contributed by atoms with E-state index in [0.29, 0.717) is 12.3 Å². The molecule has 0 aromatic carbocycles. The topological polar surface area (TPSA) is 36.0 Å². The molecule has 0 saturated carbocycles. The Bertz CT molecular complexity index is 309. The molecule has 0 N–H and O–H groups in total. The lowest BCUT2D eigenvalue weighted by molar-refractivity contribution is -0.132. The fraction of sp³-hybridized carbons (Fsp3) is 0.938. The molecule has 0 atom stereocenters. The van der Waals surface area contributed by atoms with Crippen LogP contribution in [0.15, 0.2) is 0 Å². The van der Waals surface area contributed by atoms with Gasteiger partial charge in [0, 0.05) is 52.8 Å². The van der Waals surface area contributed by atoms with Gasteiger partial charge in [-0.1, -0.05) is 6.92 Å². The standard InChI is InChI=1S/C16H31N3O2/c1-3-16(20)19-10-8-18(9-11-19)14-15-4-6-17(7-5-15)12-13-21-2/h15H,3-14H2,1-2H3. The van der Waals surface area contributed by atoms with Crippen LogP contribution < -0.4 is 0 Å². The molecule has 2 aliphatic rings. The Morgan fingerprint density at radius 1 is 1.05 bits per heavy atom. The van der Waals surface area contributed by atoms with Gasteiger partial charge in [-0.3, -0.25) is 9.69 Å². The molecule has 0 bridgehead atoms. The van der Waals surface area contributed by atoms with Crippen molar-refractivity contribution in [2.24, 2.45) is 5.92 Å². The van der Waals surface area contributed by atoms with E-state index in [-0.39, 0.29) is 0 Å². The predicted molar refractivity (Wildman–Crippen MR) is 84.4 cm³/mol. The van der Waals surface area contributed by atoms with Crippen LogP contribution in [0.2, 0.25) is 0 Å². The number of piperazine rings is 1. The molecule has 0 aromatic rings. The van der Waals surface area contributed by atoms with Gasteiger partial charge in [-0.2, -0.15) is 0 Å². The minimum atomic E-state index is 0.307. The first-order valence-corrected chi connectivity index (χ1v) is 8.44. The summed E-state index contributed by atoms with van der Waals surface area (Å²) in [4.78, 5) is 18.8. The van der Waals surface area contributed by atoms with Gasteiger partial charge in [0.2, 0.25) is 5.91 Å². The lowest BCUT2D eigenvalue weighted by Gasteiger charge is -2.38. The van der Waals surface area contributed by atoms with Gasteiger partial charge < -0.3 is 14.5 Å². The zero-order valence-electron chi connectivity index (χ0n) is 13.7. The predicted octanol–water partition coefficient (Wildman–Crippen LogP) is 0.899. The molecule has 0 aliphatic carbocycles. The van der Waals surface area contributed by atoms with E-state index < -0.39 is 0 Å². The normalized spacial score (nSPS) is 22.7. The van der Waals surface area contributed by atoms with Gasteiger partial charge in [-0.25, -0.2) is 0 Å². The van der Waals surface area contributed by atoms with Crippen molar-refractivity contribution in [3.8, 4) is 0 Å². The van der Waals surface area contributed by atoms with E-state index in [4.69, 9.17) is 4.74 Å². The van der Waals surface area contributed by atoms with Crippen molar-refractivity contribution < 1.29 is 9.53 Å². The molecular formula is C16H31N3O2. The van der Waals surface area contributed by atoms with Crippen LogP contribution >= 0.6 is 0 Å². The molecule has 2 heterocycles. The van der Waals surface area contributed by atoms with Crippen LogP contribution in [-0.4, -0.2) is 86.7 Å². The molecule has 0 unspecified atom stereocenters. The first-order valence-electron chi connectivity index (χ1n) is 8.44. The number of carbonyl (C=O) groups is 1. The van der Waals surface area contributed by atoms with E-state index >= 15 is 0 Å². The number of nitrogens with zero attached hydrogens (tertiary/aromatic N) is 3. The minimum absolute atomic E-state index is 0.307. The van der Waals surface area contributed by atoms with Gasteiger partial charge in [-0.05, 0) is 31.8 Å². The number of ether oxygens (including phenoxy) is 1. The molecule has 2 saturated heterocycles. The molecule has 5 nitrogen and oxygen atoms in total. The van der Waals surface area contributed by atoms with Gasteiger partial charge in [0.15, 0.2) is 0 Å². The van der Waals surface area contributed by atoms with E-state index in [0.717, 1.165) is 45.2 Å². The zero-order chi connectivity index (χ0) is 15.1. The van der Waals surface area contributed by atoms with Crippen LogP contribution in [0, 0.1) is 5.92 Å². The Morgan fingerprint density at radius 2 is 1.71 bits per heavy atom. The highest BCUT2D eigenvalue weighted by atomic mass is 16.5. The molecule has 2 fully saturated rings. The van der Waals surface area contributed by atoms with Gasteiger partial charge in [0.1, 0.15) is 0 Å². The third-order valence-electron chi connectivity index (χ3n) is 4.86. The molecule has 1 amide bonds. The highest BCUT2D eigenvalue weighted by Gasteiger charge is 2.24. The Hall–Kier alpha value is -0.650. The van der Waals surface area contributed by atoms with Crippen molar-refractivity contribution in [2.75, 3.05) is 66.1 Å². The van der Waals surface area contributed by atoms with Crippen molar-refractivity contribution in [1.82, 2.24) is 14.7 Å². The third-order valence-corrected chi connectivity index (χ3v) is 4.86. The van der Waals surface area contributed by atoms with Gasteiger partial charge in [0.05, 0.1) is 6.61 Å². The fourth-order valence-electron chi connectivity index (χ4n) is 3.38. The van der Waals surface area contributed by atoms with Gasteiger partial charge in [-0.15, -0.1) is 0 Å². The van der Waals surface area contributed by atoms with E-state index in [1.165, 1.54) is 32.5 Å². The second-order valence-corrected chi connectivity index (χ2v) is 6.31.